The molecule has 0 N–H and O–H groups in total. The molecule has 0 saturated carbocycles. The third-order valence-corrected chi connectivity index (χ3v) is 1.42. The van der Waals surface area contributed by atoms with Crippen molar-refractivity contribution in [1.82, 2.24) is 0 Å². The molecule has 0 radical (unpaired) electrons. The minimum atomic E-state index is -1.26. The van der Waals surface area contributed by atoms with Crippen molar-refractivity contribution in [3.63, 3.8) is 0 Å². The van der Waals surface area contributed by atoms with Crippen molar-refractivity contribution in [2.75, 3.05) is 0 Å². The van der Waals surface area contributed by atoms with Crippen molar-refractivity contribution in [2.45, 2.75) is 13.0 Å². The Bertz CT molecular complexity index is 267. The second-order valence-corrected chi connectivity index (χ2v) is 2.21. The SMILES string of the molecule is CC1=CC=NC(=O)[C@@H]1[N+](=O)[O-]. The number of rotatable bonds is 1. The largest absolute Gasteiger partial charge is 0.324 e. The van der Waals surface area contributed by atoms with E-state index in [1.807, 2.05) is 0 Å². The van der Waals surface area contributed by atoms with E-state index in [2.05, 4.69) is 4.99 Å². The molecule has 0 fully saturated rings. The van der Waals surface area contributed by atoms with Gasteiger partial charge < -0.3 is 0 Å². The van der Waals surface area contributed by atoms with Gasteiger partial charge in [0.2, 0.25) is 0 Å². The van der Waals surface area contributed by atoms with Crippen molar-refractivity contribution in [2.24, 2.45) is 4.99 Å². The molecule has 0 aromatic heterocycles. The van der Waals surface area contributed by atoms with Crippen LogP contribution in [0.1, 0.15) is 6.92 Å². The summed E-state index contributed by atoms with van der Waals surface area (Å²) < 4.78 is 0. The topological polar surface area (TPSA) is 72.6 Å². The van der Waals surface area contributed by atoms with Crippen molar-refractivity contribution in [1.29, 1.82) is 0 Å². The minimum absolute atomic E-state index is 0.426. The first-order chi connectivity index (χ1) is 5.13. The number of amides is 1. The first-order valence-electron chi connectivity index (χ1n) is 3.01. The van der Waals surface area contributed by atoms with Crippen molar-refractivity contribution >= 4 is 12.1 Å². The highest BCUT2D eigenvalue weighted by atomic mass is 16.6. The van der Waals surface area contributed by atoms with E-state index < -0.39 is 16.9 Å². The Balaban J connectivity index is 2.95. The van der Waals surface area contributed by atoms with Gasteiger partial charge in [-0.25, -0.2) is 4.99 Å². The van der Waals surface area contributed by atoms with E-state index in [1.165, 1.54) is 19.2 Å². The van der Waals surface area contributed by atoms with E-state index in [4.69, 9.17) is 0 Å². The van der Waals surface area contributed by atoms with Crippen LogP contribution in [0, 0.1) is 10.1 Å². The molecule has 11 heavy (non-hydrogen) atoms. The van der Waals surface area contributed by atoms with Gasteiger partial charge in [-0.1, -0.05) is 0 Å². The van der Waals surface area contributed by atoms with Gasteiger partial charge in [-0.2, -0.15) is 0 Å². The molecule has 0 unspecified atom stereocenters. The molecule has 0 aromatic rings. The molecule has 1 aliphatic heterocycles. The zero-order valence-corrected chi connectivity index (χ0v) is 5.85. The fourth-order valence-corrected chi connectivity index (χ4v) is 0.841. The molecule has 0 spiro atoms. The highest BCUT2D eigenvalue weighted by molar-refractivity contribution is 5.96. The van der Waals surface area contributed by atoms with Gasteiger partial charge in [0.1, 0.15) is 0 Å². The summed E-state index contributed by atoms with van der Waals surface area (Å²) in [7, 11) is 0. The number of nitro groups is 1. The summed E-state index contributed by atoms with van der Waals surface area (Å²) in [4.78, 5) is 23.7. The van der Waals surface area contributed by atoms with Crippen molar-refractivity contribution < 1.29 is 9.72 Å². The summed E-state index contributed by atoms with van der Waals surface area (Å²) >= 11 is 0. The molecule has 5 nitrogen and oxygen atoms in total. The molecule has 0 aliphatic carbocycles. The number of dihydropyridines is 1. The standard InChI is InChI=1S/C6H6N2O3/c1-4-2-3-7-6(9)5(4)8(10)11/h2-3,5H,1H3/t5-/m1/s1. The maximum atomic E-state index is 10.8. The molecule has 0 saturated heterocycles. The summed E-state index contributed by atoms with van der Waals surface area (Å²) in [6.45, 7) is 1.54. The second kappa shape index (κ2) is 2.61. The zero-order chi connectivity index (χ0) is 8.43. The third-order valence-electron chi connectivity index (χ3n) is 1.42. The van der Waals surface area contributed by atoms with Gasteiger partial charge in [0, 0.05) is 16.7 Å². The highest BCUT2D eigenvalue weighted by Gasteiger charge is 2.32. The lowest BCUT2D eigenvalue weighted by molar-refractivity contribution is -0.497. The average molecular weight is 154 g/mol. The third kappa shape index (κ3) is 1.31. The van der Waals surface area contributed by atoms with Crippen LogP contribution in [0.3, 0.4) is 0 Å². The first kappa shape index (κ1) is 7.59. The summed E-state index contributed by atoms with van der Waals surface area (Å²) in [6.07, 6.45) is 2.74. The Kier molecular flexibility index (Phi) is 1.80. The smallest absolute Gasteiger partial charge is 0.264 e. The van der Waals surface area contributed by atoms with Gasteiger partial charge in [0.25, 0.3) is 0 Å². The van der Waals surface area contributed by atoms with Crippen LogP contribution in [0.15, 0.2) is 16.6 Å². The van der Waals surface area contributed by atoms with Gasteiger partial charge in [-0.15, -0.1) is 0 Å². The highest BCUT2D eigenvalue weighted by Crippen LogP contribution is 2.09. The second-order valence-electron chi connectivity index (χ2n) is 2.21. The van der Waals surface area contributed by atoms with Crippen LogP contribution in [-0.4, -0.2) is 23.1 Å². The molecule has 0 bridgehead atoms. The Morgan fingerprint density at radius 2 is 2.36 bits per heavy atom. The van der Waals surface area contributed by atoms with Crippen LogP contribution >= 0.6 is 0 Å². The van der Waals surface area contributed by atoms with E-state index in [0.717, 1.165) is 0 Å². The molecule has 5 heteroatoms. The lowest BCUT2D eigenvalue weighted by atomic mass is 10.1. The molecule has 1 aliphatic rings. The van der Waals surface area contributed by atoms with E-state index in [0.29, 0.717) is 5.57 Å². The van der Waals surface area contributed by atoms with Gasteiger partial charge in [-0.3, -0.25) is 14.9 Å². The first-order valence-corrected chi connectivity index (χ1v) is 3.01. The van der Waals surface area contributed by atoms with Crippen molar-refractivity contribution in [3.05, 3.63) is 21.8 Å². The maximum Gasteiger partial charge on any atom is 0.324 e. The number of nitrogens with zero attached hydrogens (tertiary/aromatic N) is 2. The lowest BCUT2D eigenvalue weighted by Crippen LogP contribution is -2.31. The maximum absolute atomic E-state index is 10.8. The van der Waals surface area contributed by atoms with Crippen LogP contribution in [0.2, 0.25) is 0 Å². The molecule has 1 amide bonds. The summed E-state index contributed by atoms with van der Waals surface area (Å²) in [5.41, 5.74) is 0.426. The molecule has 58 valence electrons. The number of hydrogen-bond acceptors (Lipinski definition) is 3. The van der Waals surface area contributed by atoms with E-state index in [9.17, 15) is 14.9 Å². The normalized spacial score (nSPS) is 23.2. The number of hydrogen-bond donors (Lipinski definition) is 0. The molecular formula is C6H6N2O3. The lowest BCUT2D eigenvalue weighted by Gasteiger charge is -2.07. The Morgan fingerprint density at radius 3 is 2.73 bits per heavy atom. The van der Waals surface area contributed by atoms with Crippen LogP contribution in [0.25, 0.3) is 0 Å². The van der Waals surface area contributed by atoms with E-state index in [-0.39, 0.29) is 0 Å². The van der Waals surface area contributed by atoms with Gasteiger partial charge in [-0.05, 0) is 13.0 Å². The molecule has 0 aromatic carbocycles. The fourth-order valence-electron chi connectivity index (χ4n) is 0.841. The predicted molar refractivity (Wildman–Crippen MR) is 38.0 cm³/mol. The minimum Gasteiger partial charge on any atom is -0.264 e. The Hall–Kier alpha value is -1.52. The summed E-state index contributed by atoms with van der Waals surface area (Å²) in [5, 5.41) is 10.2. The van der Waals surface area contributed by atoms with Crippen molar-refractivity contribution in [3.8, 4) is 0 Å². The van der Waals surface area contributed by atoms with Crippen LogP contribution < -0.4 is 0 Å². The number of allylic oxidation sites excluding steroid dienone is 1. The van der Waals surface area contributed by atoms with E-state index in [1.54, 1.807) is 0 Å². The quantitative estimate of drug-likeness (QED) is 0.399. The van der Waals surface area contributed by atoms with Gasteiger partial charge in [0.05, 0.1) is 0 Å². The summed E-state index contributed by atoms with van der Waals surface area (Å²) in [6, 6.07) is -1.26. The Labute approximate surface area is 62.6 Å². The van der Waals surface area contributed by atoms with Gasteiger partial charge in [0.15, 0.2) is 0 Å². The molecule has 1 rings (SSSR count). The van der Waals surface area contributed by atoms with Crippen LogP contribution in [0.5, 0.6) is 0 Å². The fraction of sp³-hybridized carbons (Fsp3) is 0.333. The molecule has 1 atom stereocenters. The Morgan fingerprint density at radius 1 is 1.73 bits per heavy atom. The average Bonchev–Trinajstić information content (AvgIpc) is 1.85. The number of carbonyl (C=O) groups excluding carboxylic acids is 1. The predicted octanol–water partition coefficient (Wildman–Crippen LogP) is 0.189. The number of carbonyl (C=O) groups is 1. The molecular weight excluding hydrogens is 148 g/mol. The van der Waals surface area contributed by atoms with E-state index >= 15 is 0 Å². The molecule has 1 heterocycles. The number of aliphatic imine (C=N–C) groups is 1. The van der Waals surface area contributed by atoms with Crippen LogP contribution in [0.4, 0.5) is 0 Å². The van der Waals surface area contributed by atoms with Crippen LogP contribution in [-0.2, 0) is 4.79 Å². The zero-order valence-electron chi connectivity index (χ0n) is 5.85. The monoisotopic (exact) mass is 154 g/mol. The summed E-state index contributed by atoms with van der Waals surface area (Å²) in [5.74, 6) is -0.699. The van der Waals surface area contributed by atoms with Gasteiger partial charge >= 0.3 is 11.9 Å².